The summed E-state index contributed by atoms with van der Waals surface area (Å²) in [5.74, 6) is -0.397. The molecule has 7 heteroatoms. The van der Waals surface area contributed by atoms with Gasteiger partial charge in [-0.25, -0.2) is 4.79 Å². The highest BCUT2D eigenvalue weighted by atomic mass is 35.5. The van der Waals surface area contributed by atoms with Crippen LogP contribution in [0.1, 0.15) is 12.5 Å². The van der Waals surface area contributed by atoms with Gasteiger partial charge in [-0.3, -0.25) is 10.1 Å². The van der Waals surface area contributed by atoms with E-state index in [2.05, 4.69) is 10.1 Å². The minimum Gasteiger partial charge on any atom is -0.450 e. The van der Waals surface area contributed by atoms with Crippen molar-refractivity contribution in [3.63, 3.8) is 0 Å². The molecule has 110 valence electrons. The van der Waals surface area contributed by atoms with Gasteiger partial charge in [0.25, 0.3) is 5.91 Å². The molecule has 0 saturated carbocycles. The van der Waals surface area contributed by atoms with Crippen LogP contribution in [-0.2, 0) is 16.1 Å². The first-order valence-corrected chi connectivity index (χ1v) is 6.89. The molecule has 0 fully saturated rings. The SMILES string of the molecule is CCOC(=O)NC(=O)C[NH+](C)Cc1ccc(Cl)cc1Cl. The molecule has 0 heterocycles. The largest absolute Gasteiger partial charge is 0.450 e. The number of nitrogens with one attached hydrogen (secondary N) is 2. The molecule has 1 aromatic carbocycles. The number of benzene rings is 1. The van der Waals surface area contributed by atoms with Crippen molar-refractivity contribution in [2.24, 2.45) is 0 Å². The summed E-state index contributed by atoms with van der Waals surface area (Å²) in [6, 6.07) is 5.22. The van der Waals surface area contributed by atoms with Gasteiger partial charge in [0.15, 0.2) is 6.54 Å². The quantitative estimate of drug-likeness (QED) is 0.859. The van der Waals surface area contributed by atoms with Crippen LogP contribution in [0, 0.1) is 0 Å². The van der Waals surface area contributed by atoms with E-state index in [9.17, 15) is 9.59 Å². The summed E-state index contributed by atoms with van der Waals surface area (Å²) in [6.07, 6.45) is -0.727. The first-order chi connectivity index (χ1) is 9.42. The molecule has 0 saturated heterocycles. The number of quaternary nitrogens is 1. The monoisotopic (exact) mass is 319 g/mol. The second-order valence-corrected chi connectivity index (χ2v) is 5.16. The minimum absolute atomic E-state index is 0.137. The molecule has 1 rings (SSSR count). The highest BCUT2D eigenvalue weighted by molar-refractivity contribution is 6.35. The molecule has 5 nitrogen and oxygen atoms in total. The second-order valence-electron chi connectivity index (χ2n) is 4.32. The Bertz CT molecular complexity index is 495. The smallest absolute Gasteiger partial charge is 0.414 e. The van der Waals surface area contributed by atoms with E-state index < -0.39 is 12.0 Å². The van der Waals surface area contributed by atoms with Gasteiger partial charge in [-0.1, -0.05) is 29.3 Å². The highest BCUT2D eigenvalue weighted by Crippen LogP contribution is 2.19. The summed E-state index contributed by atoms with van der Waals surface area (Å²) < 4.78 is 4.63. The number of halogens is 2. The Morgan fingerprint density at radius 1 is 1.35 bits per heavy atom. The normalized spacial score (nSPS) is 11.8. The van der Waals surface area contributed by atoms with E-state index in [1.54, 1.807) is 19.1 Å². The summed E-state index contributed by atoms with van der Waals surface area (Å²) in [6.45, 7) is 2.58. The third-order valence-electron chi connectivity index (χ3n) is 2.49. The molecule has 0 aliphatic heterocycles. The summed E-state index contributed by atoms with van der Waals surface area (Å²) in [4.78, 5) is 23.6. The lowest BCUT2D eigenvalue weighted by Gasteiger charge is -2.14. The second kappa shape index (κ2) is 8.09. The first-order valence-electron chi connectivity index (χ1n) is 6.14. The molecule has 0 spiro atoms. The fraction of sp³-hybridized carbons (Fsp3) is 0.385. The van der Waals surface area contributed by atoms with Crippen LogP contribution in [0.4, 0.5) is 4.79 Å². The van der Waals surface area contributed by atoms with E-state index in [4.69, 9.17) is 23.2 Å². The number of hydrogen-bond acceptors (Lipinski definition) is 3. The lowest BCUT2D eigenvalue weighted by molar-refractivity contribution is -0.885. The average Bonchev–Trinajstić information content (AvgIpc) is 2.32. The van der Waals surface area contributed by atoms with E-state index in [-0.39, 0.29) is 13.2 Å². The molecular weight excluding hydrogens is 303 g/mol. The molecule has 0 aliphatic carbocycles. The molecule has 2 N–H and O–H groups in total. The van der Waals surface area contributed by atoms with Crippen molar-refractivity contribution in [3.8, 4) is 0 Å². The zero-order valence-corrected chi connectivity index (χ0v) is 12.8. The molecule has 0 aromatic heterocycles. The molecule has 0 radical (unpaired) electrons. The Kier molecular flexibility index (Phi) is 6.78. The summed E-state index contributed by atoms with van der Waals surface area (Å²) in [5.41, 5.74) is 0.887. The van der Waals surface area contributed by atoms with Gasteiger partial charge < -0.3 is 9.64 Å². The fourth-order valence-corrected chi connectivity index (χ4v) is 2.13. The maximum Gasteiger partial charge on any atom is 0.414 e. The zero-order valence-electron chi connectivity index (χ0n) is 11.3. The standard InChI is InChI=1S/C13H16Cl2N2O3/c1-3-20-13(19)16-12(18)8-17(2)7-9-4-5-10(14)6-11(9)15/h4-6H,3,7-8H2,1-2H3,(H,16,18,19)/p+1. The van der Waals surface area contributed by atoms with Crippen LogP contribution in [-0.4, -0.2) is 32.2 Å². The molecule has 20 heavy (non-hydrogen) atoms. The molecule has 2 amide bonds. The van der Waals surface area contributed by atoms with E-state index in [0.717, 1.165) is 10.5 Å². The third-order valence-corrected chi connectivity index (χ3v) is 3.07. The van der Waals surface area contributed by atoms with Crippen molar-refractivity contribution >= 4 is 35.2 Å². The number of carbonyl (C=O) groups is 2. The molecule has 0 bridgehead atoms. The van der Waals surface area contributed by atoms with Crippen molar-refractivity contribution in [3.05, 3.63) is 33.8 Å². The van der Waals surface area contributed by atoms with Gasteiger partial charge in [-0.05, 0) is 19.1 Å². The van der Waals surface area contributed by atoms with Gasteiger partial charge in [-0.15, -0.1) is 0 Å². The van der Waals surface area contributed by atoms with Crippen molar-refractivity contribution in [2.45, 2.75) is 13.5 Å². The lowest BCUT2D eigenvalue weighted by atomic mass is 10.2. The fourth-order valence-electron chi connectivity index (χ4n) is 1.65. The number of likely N-dealkylation sites (N-methyl/N-ethyl adjacent to an activating group) is 1. The molecule has 1 unspecified atom stereocenters. The van der Waals surface area contributed by atoms with Crippen molar-refractivity contribution in [1.82, 2.24) is 5.32 Å². The van der Waals surface area contributed by atoms with E-state index in [0.29, 0.717) is 16.6 Å². The molecule has 0 aliphatic rings. The number of hydrogen-bond donors (Lipinski definition) is 2. The van der Waals surface area contributed by atoms with Gasteiger partial charge in [-0.2, -0.15) is 0 Å². The van der Waals surface area contributed by atoms with Crippen LogP contribution in [0.5, 0.6) is 0 Å². The van der Waals surface area contributed by atoms with Gasteiger partial charge in [0, 0.05) is 10.6 Å². The van der Waals surface area contributed by atoms with Crippen LogP contribution in [0.2, 0.25) is 10.0 Å². The van der Waals surface area contributed by atoms with Crippen LogP contribution in [0.15, 0.2) is 18.2 Å². The number of rotatable bonds is 5. The summed E-state index contributed by atoms with van der Waals surface area (Å²) >= 11 is 11.9. The van der Waals surface area contributed by atoms with Crippen molar-refractivity contribution < 1.29 is 19.2 Å². The Hall–Kier alpha value is -1.30. The zero-order chi connectivity index (χ0) is 15.1. The summed E-state index contributed by atoms with van der Waals surface area (Å²) in [7, 11) is 1.83. The van der Waals surface area contributed by atoms with Crippen LogP contribution in [0.25, 0.3) is 0 Å². The number of carbonyl (C=O) groups excluding carboxylic acids is 2. The predicted octanol–water partition coefficient (Wildman–Crippen LogP) is 1.28. The maximum absolute atomic E-state index is 11.6. The Labute approximate surface area is 127 Å². The lowest BCUT2D eigenvalue weighted by Crippen LogP contribution is -3.09. The maximum atomic E-state index is 11.6. The van der Waals surface area contributed by atoms with Crippen LogP contribution < -0.4 is 10.2 Å². The minimum atomic E-state index is -0.727. The van der Waals surface area contributed by atoms with Gasteiger partial charge in [0.1, 0.15) is 6.54 Å². The highest BCUT2D eigenvalue weighted by Gasteiger charge is 2.15. The molecular formula is C13H17Cl2N2O3+. The van der Waals surface area contributed by atoms with Crippen molar-refractivity contribution in [2.75, 3.05) is 20.2 Å². The summed E-state index contributed by atoms with van der Waals surface area (Å²) in [5, 5.41) is 3.27. The van der Waals surface area contributed by atoms with E-state index >= 15 is 0 Å². The number of ether oxygens (including phenoxy) is 1. The van der Waals surface area contributed by atoms with Crippen molar-refractivity contribution in [1.29, 1.82) is 0 Å². The predicted molar refractivity (Wildman–Crippen MR) is 77.1 cm³/mol. The van der Waals surface area contributed by atoms with Crippen LogP contribution in [0.3, 0.4) is 0 Å². The van der Waals surface area contributed by atoms with E-state index in [1.807, 2.05) is 13.1 Å². The third kappa shape index (κ3) is 5.77. The van der Waals surface area contributed by atoms with Gasteiger partial charge >= 0.3 is 6.09 Å². The van der Waals surface area contributed by atoms with Gasteiger partial charge in [0.05, 0.1) is 18.7 Å². The topological polar surface area (TPSA) is 59.8 Å². The average molecular weight is 320 g/mol. The Morgan fingerprint density at radius 3 is 2.65 bits per heavy atom. The Morgan fingerprint density at radius 2 is 2.05 bits per heavy atom. The number of imide groups is 1. The Balaban J connectivity index is 2.48. The molecule has 1 atom stereocenters. The number of alkyl carbamates (subject to hydrolysis) is 1. The van der Waals surface area contributed by atoms with Gasteiger partial charge in [0.2, 0.25) is 0 Å². The molecule has 1 aromatic rings. The van der Waals surface area contributed by atoms with E-state index in [1.165, 1.54) is 0 Å². The first kappa shape index (κ1) is 16.8. The van der Waals surface area contributed by atoms with Crippen LogP contribution >= 0.6 is 23.2 Å². The number of amides is 2.